The van der Waals surface area contributed by atoms with E-state index in [0.717, 1.165) is 0 Å². The monoisotopic (exact) mass is 282 g/mol. The second kappa shape index (κ2) is 5.29. The summed E-state index contributed by atoms with van der Waals surface area (Å²) in [5.74, 6) is -2.20. The minimum absolute atomic E-state index is 0.413. The van der Waals surface area contributed by atoms with Crippen LogP contribution in [-0.2, 0) is 0 Å². The number of rotatable bonds is 5. The van der Waals surface area contributed by atoms with Gasteiger partial charge >= 0.3 is 11.9 Å². The van der Waals surface area contributed by atoms with Crippen molar-refractivity contribution in [3.63, 3.8) is 0 Å². The van der Waals surface area contributed by atoms with Crippen LogP contribution in [0.1, 0.15) is 0 Å². The molecule has 2 aromatic rings. The van der Waals surface area contributed by atoms with Gasteiger partial charge in [0.1, 0.15) is 0 Å². The molecule has 0 saturated carbocycles. The maximum absolute atomic E-state index is 10.2. The molecule has 0 fully saturated rings. The third-order valence-electron chi connectivity index (χ3n) is 1.49. The molecule has 0 N–H and O–H groups in total. The summed E-state index contributed by atoms with van der Waals surface area (Å²) in [6, 6.07) is 0. The van der Waals surface area contributed by atoms with E-state index in [1.54, 1.807) is 0 Å². The van der Waals surface area contributed by atoms with Gasteiger partial charge in [0, 0.05) is 0 Å². The van der Waals surface area contributed by atoms with E-state index in [4.69, 9.17) is 0 Å². The van der Waals surface area contributed by atoms with E-state index in [0.29, 0.717) is 0 Å². The molecule has 0 aromatic carbocycles. The van der Waals surface area contributed by atoms with Crippen molar-refractivity contribution in [1.82, 2.24) is 30.7 Å². The van der Waals surface area contributed by atoms with Gasteiger partial charge in [0.25, 0.3) is 0 Å². The SMILES string of the molecule is O=[N+]([O-])[N-]c1nonc1N=Nc1nnc([N+](=O)[O-])nn1. The summed E-state index contributed by atoms with van der Waals surface area (Å²) in [7, 11) is 0. The van der Waals surface area contributed by atoms with E-state index in [2.05, 4.69) is 51.0 Å². The first-order chi connectivity index (χ1) is 9.56. The lowest BCUT2D eigenvalue weighted by Crippen LogP contribution is -1.99. The van der Waals surface area contributed by atoms with Crippen LogP contribution in [0.25, 0.3) is 5.43 Å². The minimum atomic E-state index is -1.04. The van der Waals surface area contributed by atoms with Crippen molar-refractivity contribution in [1.29, 1.82) is 0 Å². The Morgan fingerprint density at radius 1 is 1.05 bits per heavy atom. The van der Waals surface area contributed by atoms with Gasteiger partial charge in [-0.1, -0.05) is 5.16 Å². The molecule has 2 rings (SSSR count). The van der Waals surface area contributed by atoms with Crippen molar-refractivity contribution in [3.05, 3.63) is 25.7 Å². The van der Waals surface area contributed by atoms with Crippen LogP contribution < -0.4 is 0 Å². The van der Waals surface area contributed by atoms with Crippen molar-refractivity contribution in [3.8, 4) is 0 Å². The molecule has 16 nitrogen and oxygen atoms in total. The van der Waals surface area contributed by atoms with Gasteiger partial charge < -0.3 is 14.7 Å². The zero-order valence-corrected chi connectivity index (χ0v) is 8.96. The van der Waals surface area contributed by atoms with E-state index >= 15 is 0 Å². The van der Waals surface area contributed by atoms with E-state index in [1.807, 2.05) is 0 Å². The lowest BCUT2D eigenvalue weighted by Gasteiger charge is -1.96. The van der Waals surface area contributed by atoms with Crippen LogP contribution in [0.15, 0.2) is 14.9 Å². The first-order valence-corrected chi connectivity index (χ1v) is 4.38. The van der Waals surface area contributed by atoms with Crippen molar-refractivity contribution in [2.24, 2.45) is 10.2 Å². The largest absolute Gasteiger partial charge is 0.513 e. The molecule has 0 spiro atoms. The average molecular weight is 282 g/mol. The van der Waals surface area contributed by atoms with Crippen LogP contribution in [0.4, 0.5) is 23.5 Å². The Morgan fingerprint density at radius 2 is 1.75 bits per heavy atom. The van der Waals surface area contributed by atoms with Gasteiger partial charge in [-0.05, 0) is 15.1 Å². The van der Waals surface area contributed by atoms with Crippen molar-refractivity contribution < 1.29 is 14.6 Å². The quantitative estimate of drug-likeness (QED) is 0.408. The molecule has 0 unspecified atom stereocenters. The van der Waals surface area contributed by atoms with Gasteiger partial charge in [0.15, 0.2) is 0 Å². The fourth-order valence-electron chi connectivity index (χ4n) is 0.807. The highest BCUT2D eigenvalue weighted by Crippen LogP contribution is 2.27. The smallest absolute Gasteiger partial charge is 0.390 e. The fourth-order valence-corrected chi connectivity index (χ4v) is 0.807. The van der Waals surface area contributed by atoms with Crippen molar-refractivity contribution >= 4 is 23.5 Å². The molecular weight excluding hydrogens is 282 g/mol. The van der Waals surface area contributed by atoms with Crippen LogP contribution in [0.2, 0.25) is 0 Å². The zero-order chi connectivity index (χ0) is 14.5. The Balaban J connectivity index is 2.15. The fraction of sp³-hybridized carbons (Fsp3) is 0. The number of nitro groups is 2. The second-order valence-corrected chi connectivity index (χ2v) is 2.71. The van der Waals surface area contributed by atoms with E-state index < -0.39 is 33.5 Å². The third-order valence-corrected chi connectivity index (χ3v) is 1.49. The first kappa shape index (κ1) is 12.7. The maximum Gasteiger partial charge on any atom is 0.513 e. The first-order valence-electron chi connectivity index (χ1n) is 4.38. The molecule has 2 aromatic heterocycles. The second-order valence-electron chi connectivity index (χ2n) is 2.71. The van der Waals surface area contributed by atoms with Gasteiger partial charge in [-0.15, -0.1) is 15.7 Å². The van der Waals surface area contributed by atoms with Crippen LogP contribution in [0.5, 0.6) is 0 Å². The summed E-state index contributed by atoms with van der Waals surface area (Å²) in [5.41, 5.74) is 2.81. The lowest BCUT2D eigenvalue weighted by molar-refractivity contribution is -0.419. The highest BCUT2D eigenvalue weighted by molar-refractivity contribution is 5.54. The van der Waals surface area contributed by atoms with Crippen molar-refractivity contribution in [2.45, 2.75) is 0 Å². The summed E-state index contributed by atoms with van der Waals surface area (Å²) < 4.78 is 4.17. The highest BCUT2D eigenvalue weighted by atomic mass is 16.7. The molecule has 0 aliphatic heterocycles. The highest BCUT2D eigenvalue weighted by Gasteiger charge is 2.12. The molecule has 16 heteroatoms. The minimum Gasteiger partial charge on any atom is -0.390 e. The molecule has 102 valence electrons. The van der Waals surface area contributed by atoms with Gasteiger partial charge in [0.05, 0.1) is 21.0 Å². The molecule has 0 radical (unpaired) electrons. The summed E-state index contributed by atoms with van der Waals surface area (Å²) >= 11 is 0. The van der Waals surface area contributed by atoms with Crippen LogP contribution in [-0.4, -0.2) is 40.7 Å². The number of aromatic nitrogens is 6. The van der Waals surface area contributed by atoms with Gasteiger partial charge in [0.2, 0.25) is 5.82 Å². The van der Waals surface area contributed by atoms with Crippen LogP contribution in [0, 0.1) is 20.2 Å². The van der Waals surface area contributed by atoms with Crippen molar-refractivity contribution in [2.75, 3.05) is 0 Å². The number of azo groups is 1. The third kappa shape index (κ3) is 2.94. The predicted molar refractivity (Wildman–Crippen MR) is 52.8 cm³/mol. The van der Waals surface area contributed by atoms with E-state index in [1.165, 1.54) is 0 Å². The molecule has 0 bridgehead atoms. The molecular formula is C4N11O5-. The zero-order valence-electron chi connectivity index (χ0n) is 8.96. The summed E-state index contributed by atoms with van der Waals surface area (Å²) in [5, 5.41) is 44.9. The topological polar surface area (TPSA) is 216 Å². The molecule has 2 heterocycles. The molecule has 0 atom stereocenters. The summed E-state index contributed by atoms with van der Waals surface area (Å²) in [6.07, 6.45) is 0. The normalized spacial score (nSPS) is 10.6. The summed E-state index contributed by atoms with van der Waals surface area (Å²) in [4.78, 5) is 19.5. The Hall–Kier alpha value is -3.72. The van der Waals surface area contributed by atoms with E-state index in [-0.39, 0.29) is 0 Å². The number of nitrogens with zero attached hydrogens (tertiary/aromatic N) is 11. The standard InChI is InChI=1S/C4N11O5/c16-14(17)4-9-7-3(8-10-4)6-5-1-2(11-15(18)19)13-20-12-1/q-1. The van der Waals surface area contributed by atoms with Crippen LogP contribution in [0.3, 0.4) is 0 Å². The lowest BCUT2D eigenvalue weighted by atomic mass is 10.7. The van der Waals surface area contributed by atoms with Gasteiger partial charge in [-0.25, -0.2) is 5.16 Å². The predicted octanol–water partition coefficient (Wildman–Crippen LogP) is 0.170. The molecule has 0 aliphatic carbocycles. The van der Waals surface area contributed by atoms with Crippen LogP contribution >= 0.6 is 0 Å². The van der Waals surface area contributed by atoms with Gasteiger partial charge in [-0.2, -0.15) is 0 Å². The van der Waals surface area contributed by atoms with E-state index in [9.17, 15) is 20.2 Å². The maximum atomic E-state index is 10.2. The van der Waals surface area contributed by atoms with Gasteiger partial charge in [-0.3, -0.25) is 10.1 Å². The molecule has 20 heavy (non-hydrogen) atoms. The molecule has 0 aliphatic rings. The Kier molecular flexibility index (Phi) is 3.36. The number of hydrogen-bond donors (Lipinski definition) is 0. The summed E-state index contributed by atoms with van der Waals surface area (Å²) in [6.45, 7) is 0. The Labute approximate surface area is 106 Å². The Bertz CT molecular complexity index is 662. The molecule has 0 saturated heterocycles. The molecule has 0 amide bonds. The number of hydrogen-bond acceptors (Lipinski definition) is 13. The Morgan fingerprint density at radius 3 is 2.35 bits per heavy atom. The average Bonchev–Trinajstić information content (AvgIpc) is 2.83.